The van der Waals surface area contributed by atoms with Gasteiger partial charge in [0.05, 0.1) is 0 Å². The van der Waals surface area contributed by atoms with Crippen LogP contribution in [0.1, 0.15) is 31.1 Å². The average molecular weight is 302 g/mol. The van der Waals surface area contributed by atoms with Gasteiger partial charge in [0.15, 0.2) is 6.61 Å². The van der Waals surface area contributed by atoms with Gasteiger partial charge in [-0.05, 0) is 32.2 Å². The number of carbonyl (C=O) groups excluding carboxylic acids is 2. The maximum atomic E-state index is 12.0. The first kappa shape index (κ1) is 15.8. The molecule has 2 aromatic rings. The number of ether oxygens (including phenoxy) is 2. The molecule has 0 aromatic heterocycles. The largest absolute Gasteiger partial charge is 0.506 e. The van der Waals surface area contributed by atoms with Gasteiger partial charge in [0, 0.05) is 5.39 Å². The molecule has 0 spiro atoms. The van der Waals surface area contributed by atoms with E-state index >= 15 is 0 Å². The van der Waals surface area contributed by atoms with Crippen LogP contribution in [0.3, 0.4) is 0 Å². The van der Waals surface area contributed by atoms with Gasteiger partial charge < -0.3 is 14.6 Å². The second-order valence-corrected chi connectivity index (χ2v) is 5.85. The van der Waals surface area contributed by atoms with E-state index < -0.39 is 24.1 Å². The van der Waals surface area contributed by atoms with Crippen LogP contribution in [0.5, 0.6) is 5.75 Å². The summed E-state index contributed by atoms with van der Waals surface area (Å²) < 4.78 is 9.94. The maximum absolute atomic E-state index is 12.0. The van der Waals surface area contributed by atoms with Gasteiger partial charge in [0.1, 0.15) is 16.9 Å². The van der Waals surface area contributed by atoms with E-state index in [4.69, 9.17) is 9.47 Å². The minimum atomic E-state index is -0.769. The molecule has 0 bridgehead atoms. The normalized spacial score (nSPS) is 11.2. The molecule has 0 fully saturated rings. The highest BCUT2D eigenvalue weighted by Crippen LogP contribution is 2.28. The van der Waals surface area contributed by atoms with E-state index in [1.54, 1.807) is 39.0 Å². The molecular formula is C17H18O5. The molecule has 0 atom stereocenters. The lowest BCUT2D eigenvalue weighted by atomic mass is 10.1. The maximum Gasteiger partial charge on any atom is 0.344 e. The molecule has 0 saturated heterocycles. The van der Waals surface area contributed by atoms with Crippen LogP contribution in [0, 0.1) is 0 Å². The van der Waals surface area contributed by atoms with Gasteiger partial charge in [0.2, 0.25) is 0 Å². The van der Waals surface area contributed by atoms with Crippen LogP contribution in [0.25, 0.3) is 10.8 Å². The molecule has 2 aromatic carbocycles. The standard InChI is InChI=1S/C17H18O5/c1-17(2,3)22-14(18)10-21-16(20)13-9-8-11-6-4-5-7-12(11)15(13)19/h4-9,19H,10H2,1-3H3. The Morgan fingerprint density at radius 1 is 1.09 bits per heavy atom. The van der Waals surface area contributed by atoms with E-state index in [0.29, 0.717) is 5.39 Å². The predicted molar refractivity (Wildman–Crippen MR) is 81.7 cm³/mol. The molecule has 116 valence electrons. The van der Waals surface area contributed by atoms with Crippen molar-refractivity contribution in [3.05, 3.63) is 42.0 Å². The summed E-state index contributed by atoms with van der Waals surface area (Å²) in [4.78, 5) is 23.5. The molecule has 5 heteroatoms. The van der Waals surface area contributed by atoms with Gasteiger partial charge in [-0.3, -0.25) is 0 Å². The van der Waals surface area contributed by atoms with Crippen molar-refractivity contribution in [2.75, 3.05) is 6.61 Å². The molecule has 0 heterocycles. The van der Waals surface area contributed by atoms with Crippen molar-refractivity contribution in [2.45, 2.75) is 26.4 Å². The number of hydrogen-bond acceptors (Lipinski definition) is 5. The molecule has 1 N–H and O–H groups in total. The lowest BCUT2D eigenvalue weighted by Crippen LogP contribution is -2.27. The van der Waals surface area contributed by atoms with E-state index in [-0.39, 0.29) is 11.3 Å². The third-order valence-corrected chi connectivity index (χ3v) is 2.86. The molecular weight excluding hydrogens is 284 g/mol. The number of phenolic OH excluding ortho intramolecular Hbond substituents is 1. The van der Waals surface area contributed by atoms with Crippen LogP contribution in [0.4, 0.5) is 0 Å². The Kier molecular flexibility index (Phi) is 4.35. The number of carbonyl (C=O) groups is 2. The van der Waals surface area contributed by atoms with Gasteiger partial charge in [-0.2, -0.15) is 0 Å². The van der Waals surface area contributed by atoms with Crippen molar-refractivity contribution >= 4 is 22.7 Å². The van der Waals surface area contributed by atoms with Crippen LogP contribution < -0.4 is 0 Å². The number of phenols is 1. The quantitative estimate of drug-likeness (QED) is 0.882. The first-order valence-corrected chi connectivity index (χ1v) is 6.87. The van der Waals surface area contributed by atoms with Crippen molar-refractivity contribution in [3.63, 3.8) is 0 Å². The number of hydrogen-bond donors (Lipinski definition) is 1. The second-order valence-electron chi connectivity index (χ2n) is 5.85. The van der Waals surface area contributed by atoms with E-state index in [2.05, 4.69) is 0 Å². The van der Waals surface area contributed by atoms with E-state index in [1.807, 2.05) is 12.1 Å². The molecule has 0 aliphatic carbocycles. The second kappa shape index (κ2) is 6.05. The van der Waals surface area contributed by atoms with Gasteiger partial charge in [-0.25, -0.2) is 9.59 Å². The van der Waals surface area contributed by atoms with Crippen LogP contribution in [0.15, 0.2) is 36.4 Å². The summed E-state index contributed by atoms with van der Waals surface area (Å²) in [6.07, 6.45) is 0. The number of fused-ring (bicyclic) bond motifs is 1. The SMILES string of the molecule is CC(C)(C)OC(=O)COC(=O)c1ccc2ccccc2c1O. The lowest BCUT2D eigenvalue weighted by molar-refractivity contribution is -0.158. The Morgan fingerprint density at radius 2 is 1.77 bits per heavy atom. The van der Waals surface area contributed by atoms with Crippen molar-refractivity contribution in [2.24, 2.45) is 0 Å². The number of esters is 2. The van der Waals surface area contributed by atoms with Gasteiger partial charge in [-0.1, -0.05) is 30.3 Å². The van der Waals surface area contributed by atoms with Crippen LogP contribution in [0.2, 0.25) is 0 Å². The minimum absolute atomic E-state index is 0.0160. The smallest absolute Gasteiger partial charge is 0.344 e. The molecule has 0 radical (unpaired) electrons. The van der Waals surface area contributed by atoms with Crippen molar-refractivity contribution in [1.29, 1.82) is 0 Å². The summed E-state index contributed by atoms with van der Waals surface area (Å²) in [5.74, 6) is -1.57. The molecule has 0 amide bonds. The zero-order valence-corrected chi connectivity index (χ0v) is 12.8. The summed E-state index contributed by atoms with van der Waals surface area (Å²) in [5.41, 5.74) is -0.628. The Bertz CT molecular complexity index is 713. The van der Waals surface area contributed by atoms with Gasteiger partial charge in [-0.15, -0.1) is 0 Å². The molecule has 0 aliphatic rings. The fourth-order valence-corrected chi connectivity index (χ4v) is 1.99. The fraction of sp³-hybridized carbons (Fsp3) is 0.294. The topological polar surface area (TPSA) is 72.8 Å². The summed E-state index contributed by atoms with van der Waals surface area (Å²) in [5, 5.41) is 11.5. The van der Waals surface area contributed by atoms with Crippen molar-refractivity contribution in [1.82, 2.24) is 0 Å². The van der Waals surface area contributed by atoms with E-state index in [0.717, 1.165) is 5.39 Å². The molecule has 0 unspecified atom stereocenters. The zero-order chi connectivity index (χ0) is 16.3. The fourth-order valence-electron chi connectivity index (χ4n) is 1.99. The minimum Gasteiger partial charge on any atom is -0.506 e. The highest BCUT2D eigenvalue weighted by Gasteiger charge is 2.20. The number of aromatic hydroxyl groups is 1. The van der Waals surface area contributed by atoms with E-state index in [1.165, 1.54) is 6.07 Å². The van der Waals surface area contributed by atoms with Gasteiger partial charge >= 0.3 is 11.9 Å². The van der Waals surface area contributed by atoms with E-state index in [9.17, 15) is 14.7 Å². The molecule has 22 heavy (non-hydrogen) atoms. The number of rotatable bonds is 3. The summed E-state index contributed by atoms with van der Waals surface area (Å²) in [6.45, 7) is 4.67. The summed E-state index contributed by atoms with van der Waals surface area (Å²) in [7, 11) is 0. The zero-order valence-electron chi connectivity index (χ0n) is 12.8. The monoisotopic (exact) mass is 302 g/mol. The highest BCUT2D eigenvalue weighted by atomic mass is 16.6. The van der Waals surface area contributed by atoms with Gasteiger partial charge in [0.25, 0.3) is 0 Å². The van der Waals surface area contributed by atoms with Crippen LogP contribution in [-0.4, -0.2) is 29.3 Å². The third-order valence-electron chi connectivity index (χ3n) is 2.86. The van der Waals surface area contributed by atoms with Crippen LogP contribution in [-0.2, 0) is 14.3 Å². The molecule has 0 aliphatic heterocycles. The van der Waals surface area contributed by atoms with Crippen LogP contribution >= 0.6 is 0 Å². The summed E-state index contributed by atoms with van der Waals surface area (Å²) >= 11 is 0. The Hall–Kier alpha value is -2.56. The Labute approximate surface area is 128 Å². The predicted octanol–water partition coefficient (Wildman–Crippen LogP) is 3.04. The average Bonchev–Trinajstić information content (AvgIpc) is 2.44. The van der Waals surface area contributed by atoms with Crippen molar-refractivity contribution in [3.8, 4) is 5.75 Å². The molecule has 5 nitrogen and oxygen atoms in total. The molecule has 0 saturated carbocycles. The third kappa shape index (κ3) is 3.75. The van der Waals surface area contributed by atoms with Crippen molar-refractivity contribution < 1.29 is 24.2 Å². The lowest BCUT2D eigenvalue weighted by Gasteiger charge is -2.19. The Balaban J connectivity index is 2.10. The number of benzene rings is 2. The first-order valence-electron chi connectivity index (χ1n) is 6.87. The molecule has 2 rings (SSSR count). The first-order chi connectivity index (χ1) is 10.3. The summed E-state index contributed by atoms with van der Waals surface area (Å²) in [6, 6.07) is 10.3. The Morgan fingerprint density at radius 3 is 2.45 bits per heavy atom. The highest BCUT2D eigenvalue weighted by molar-refractivity contribution is 6.01.